The molecular formula is C16H15N3O4S. The average Bonchev–Trinajstić information content (AvgIpc) is 3.06. The molecule has 0 aliphatic heterocycles. The Kier molecular flexibility index (Phi) is 4.48. The Balaban J connectivity index is 1.82. The first-order chi connectivity index (χ1) is 11.6. The molecule has 0 saturated carbocycles. The molecule has 0 atom stereocenters. The topological polar surface area (TPSA) is 82.4 Å². The van der Waals surface area contributed by atoms with Gasteiger partial charge in [0, 0.05) is 6.07 Å². The van der Waals surface area contributed by atoms with Gasteiger partial charge in [-0.3, -0.25) is 14.2 Å². The summed E-state index contributed by atoms with van der Waals surface area (Å²) in [6, 6.07) is 6.78. The highest BCUT2D eigenvalue weighted by Crippen LogP contribution is 2.28. The summed E-state index contributed by atoms with van der Waals surface area (Å²) in [6.07, 6.45) is 1.38. The number of hydrogen-bond donors (Lipinski definition) is 1. The highest BCUT2D eigenvalue weighted by atomic mass is 32.1. The van der Waals surface area contributed by atoms with Gasteiger partial charge in [-0.1, -0.05) is 0 Å². The van der Waals surface area contributed by atoms with Crippen LogP contribution in [-0.4, -0.2) is 29.7 Å². The van der Waals surface area contributed by atoms with Crippen molar-refractivity contribution in [3.8, 4) is 11.5 Å². The number of rotatable bonds is 5. The summed E-state index contributed by atoms with van der Waals surface area (Å²) in [7, 11) is 3.05. The van der Waals surface area contributed by atoms with Gasteiger partial charge in [0.2, 0.25) is 5.91 Å². The molecule has 3 aromatic rings. The SMILES string of the molecule is COc1ccc(OC)c(NC(=O)Cn2cnc3sccc3c2=O)c1. The second-order valence-corrected chi connectivity index (χ2v) is 5.83. The first-order valence-electron chi connectivity index (χ1n) is 7.07. The maximum absolute atomic E-state index is 12.3. The van der Waals surface area contributed by atoms with Gasteiger partial charge in [-0.15, -0.1) is 11.3 Å². The van der Waals surface area contributed by atoms with Crippen LogP contribution in [0.1, 0.15) is 0 Å². The molecule has 0 bridgehead atoms. The monoisotopic (exact) mass is 345 g/mol. The number of thiophene rings is 1. The van der Waals surface area contributed by atoms with Gasteiger partial charge in [0.05, 0.1) is 31.6 Å². The zero-order valence-corrected chi connectivity index (χ0v) is 13.9. The van der Waals surface area contributed by atoms with Crippen molar-refractivity contribution in [2.45, 2.75) is 6.54 Å². The number of nitrogens with one attached hydrogen (secondary N) is 1. The number of fused-ring (bicyclic) bond motifs is 1. The molecule has 1 amide bonds. The highest BCUT2D eigenvalue weighted by molar-refractivity contribution is 7.16. The van der Waals surface area contributed by atoms with Gasteiger partial charge in [0.15, 0.2) is 0 Å². The molecule has 3 rings (SSSR count). The summed E-state index contributed by atoms with van der Waals surface area (Å²) in [4.78, 5) is 29.4. The van der Waals surface area contributed by atoms with E-state index in [1.807, 2.05) is 0 Å². The molecule has 0 spiro atoms. The van der Waals surface area contributed by atoms with E-state index in [9.17, 15) is 9.59 Å². The summed E-state index contributed by atoms with van der Waals surface area (Å²) >= 11 is 1.39. The Hall–Kier alpha value is -2.87. The zero-order chi connectivity index (χ0) is 17.1. The number of aromatic nitrogens is 2. The van der Waals surface area contributed by atoms with Gasteiger partial charge < -0.3 is 14.8 Å². The Labute approximate surface area is 141 Å². The van der Waals surface area contributed by atoms with Crippen molar-refractivity contribution in [3.63, 3.8) is 0 Å². The minimum Gasteiger partial charge on any atom is -0.497 e. The Morgan fingerprint density at radius 3 is 2.88 bits per heavy atom. The fourth-order valence-corrected chi connectivity index (χ4v) is 2.99. The van der Waals surface area contributed by atoms with E-state index in [1.54, 1.807) is 29.6 Å². The standard InChI is InChI=1S/C16H15N3O4S/c1-22-10-3-4-13(23-2)12(7-10)18-14(20)8-19-9-17-15-11(16(19)21)5-6-24-15/h3-7,9H,8H2,1-2H3,(H,18,20). The molecular weight excluding hydrogens is 330 g/mol. The van der Waals surface area contributed by atoms with Crippen molar-refractivity contribution in [3.05, 3.63) is 46.3 Å². The van der Waals surface area contributed by atoms with Crippen molar-refractivity contribution >= 4 is 33.1 Å². The van der Waals surface area contributed by atoms with Crippen LogP contribution in [0.3, 0.4) is 0 Å². The fourth-order valence-electron chi connectivity index (χ4n) is 2.26. The Bertz CT molecular complexity index is 948. The first kappa shape index (κ1) is 16.0. The molecule has 2 heterocycles. The van der Waals surface area contributed by atoms with Crippen molar-refractivity contribution < 1.29 is 14.3 Å². The number of carbonyl (C=O) groups is 1. The Morgan fingerprint density at radius 1 is 1.29 bits per heavy atom. The van der Waals surface area contributed by atoms with Gasteiger partial charge in [-0.05, 0) is 23.6 Å². The number of hydrogen-bond acceptors (Lipinski definition) is 6. The molecule has 8 heteroatoms. The van der Waals surface area contributed by atoms with Crippen molar-refractivity contribution in [2.75, 3.05) is 19.5 Å². The third kappa shape index (κ3) is 3.09. The molecule has 0 saturated heterocycles. The number of ether oxygens (including phenoxy) is 2. The van der Waals surface area contributed by atoms with Crippen LogP contribution in [0.25, 0.3) is 10.2 Å². The second kappa shape index (κ2) is 6.71. The summed E-state index contributed by atoms with van der Waals surface area (Å²) < 4.78 is 11.6. The smallest absolute Gasteiger partial charge is 0.262 e. The molecule has 0 unspecified atom stereocenters. The number of amides is 1. The highest BCUT2D eigenvalue weighted by Gasteiger charge is 2.12. The van der Waals surface area contributed by atoms with Crippen LogP contribution >= 0.6 is 11.3 Å². The predicted molar refractivity (Wildman–Crippen MR) is 92.1 cm³/mol. The molecule has 7 nitrogen and oxygen atoms in total. The molecule has 2 aromatic heterocycles. The molecule has 1 N–H and O–H groups in total. The third-order valence-corrected chi connectivity index (χ3v) is 4.27. The summed E-state index contributed by atoms with van der Waals surface area (Å²) in [5.74, 6) is 0.729. The third-order valence-electron chi connectivity index (χ3n) is 3.45. The Morgan fingerprint density at radius 2 is 2.12 bits per heavy atom. The van der Waals surface area contributed by atoms with E-state index in [-0.39, 0.29) is 18.0 Å². The molecule has 24 heavy (non-hydrogen) atoms. The van der Waals surface area contributed by atoms with Crippen molar-refractivity contribution in [2.24, 2.45) is 0 Å². The van der Waals surface area contributed by atoms with E-state index in [0.717, 1.165) is 0 Å². The molecule has 0 radical (unpaired) electrons. The van der Waals surface area contributed by atoms with Gasteiger partial charge in [-0.2, -0.15) is 0 Å². The van der Waals surface area contributed by atoms with Crippen LogP contribution < -0.4 is 20.3 Å². The number of methoxy groups -OCH3 is 2. The number of anilines is 1. The minimum absolute atomic E-state index is 0.141. The lowest BCUT2D eigenvalue weighted by molar-refractivity contribution is -0.116. The van der Waals surface area contributed by atoms with E-state index in [1.165, 1.54) is 36.5 Å². The van der Waals surface area contributed by atoms with E-state index in [2.05, 4.69) is 10.3 Å². The van der Waals surface area contributed by atoms with E-state index in [0.29, 0.717) is 27.4 Å². The summed E-state index contributed by atoms with van der Waals surface area (Å²) in [6.45, 7) is -0.141. The quantitative estimate of drug-likeness (QED) is 0.766. The van der Waals surface area contributed by atoms with E-state index < -0.39 is 0 Å². The van der Waals surface area contributed by atoms with Crippen LogP contribution in [0.4, 0.5) is 5.69 Å². The molecule has 0 aliphatic carbocycles. The molecule has 0 aliphatic rings. The van der Waals surface area contributed by atoms with Gasteiger partial charge in [0.1, 0.15) is 22.9 Å². The molecule has 0 fully saturated rings. The molecule has 1 aromatic carbocycles. The lowest BCUT2D eigenvalue weighted by Gasteiger charge is -2.12. The second-order valence-electron chi connectivity index (χ2n) is 4.93. The fraction of sp³-hybridized carbons (Fsp3) is 0.188. The van der Waals surface area contributed by atoms with E-state index in [4.69, 9.17) is 9.47 Å². The zero-order valence-electron chi connectivity index (χ0n) is 13.1. The number of nitrogens with zero attached hydrogens (tertiary/aromatic N) is 2. The van der Waals surface area contributed by atoms with Crippen LogP contribution in [0, 0.1) is 0 Å². The maximum Gasteiger partial charge on any atom is 0.262 e. The maximum atomic E-state index is 12.3. The van der Waals surface area contributed by atoms with Gasteiger partial charge in [0.25, 0.3) is 5.56 Å². The van der Waals surface area contributed by atoms with Crippen LogP contribution in [-0.2, 0) is 11.3 Å². The lowest BCUT2D eigenvalue weighted by Crippen LogP contribution is -2.27. The van der Waals surface area contributed by atoms with Gasteiger partial charge in [-0.25, -0.2) is 4.98 Å². The van der Waals surface area contributed by atoms with Crippen LogP contribution in [0.15, 0.2) is 40.8 Å². The summed E-state index contributed by atoms with van der Waals surface area (Å²) in [5, 5.41) is 5.03. The van der Waals surface area contributed by atoms with Crippen molar-refractivity contribution in [1.29, 1.82) is 0 Å². The predicted octanol–water partition coefficient (Wildman–Crippen LogP) is 2.11. The largest absolute Gasteiger partial charge is 0.497 e. The van der Waals surface area contributed by atoms with Crippen molar-refractivity contribution in [1.82, 2.24) is 9.55 Å². The number of carbonyl (C=O) groups excluding carboxylic acids is 1. The first-order valence-corrected chi connectivity index (χ1v) is 7.95. The van der Waals surface area contributed by atoms with Crippen LogP contribution in [0.2, 0.25) is 0 Å². The normalized spacial score (nSPS) is 10.6. The van der Waals surface area contributed by atoms with Gasteiger partial charge >= 0.3 is 0 Å². The number of benzene rings is 1. The van der Waals surface area contributed by atoms with E-state index >= 15 is 0 Å². The molecule has 124 valence electrons. The average molecular weight is 345 g/mol. The minimum atomic E-state index is -0.361. The van der Waals surface area contributed by atoms with Crippen LogP contribution in [0.5, 0.6) is 11.5 Å². The summed E-state index contributed by atoms with van der Waals surface area (Å²) in [5.41, 5.74) is 0.230. The lowest BCUT2D eigenvalue weighted by atomic mass is 10.2.